The van der Waals surface area contributed by atoms with Crippen LogP contribution >= 0.6 is 12.2 Å². The van der Waals surface area contributed by atoms with E-state index in [9.17, 15) is 4.79 Å². The van der Waals surface area contributed by atoms with Crippen molar-refractivity contribution in [1.82, 2.24) is 4.57 Å². The molecule has 0 aliphatic carbocycles. The Morgan fingerprint density at radius 3 is 2.35 bits per heavy atom. The molecule has 0 saturated carbocycles. The van der Waals surface area contributed by atoms with Crippen molar-refractivity contribution in [2.24, 2.45) is 5.73 Å². The van der Waals surface area contributed by atoms with E-state index >= 15 is 0 Å². The number of aliphatic hydroxyl groups is 1. The fraction of sp³-hybridized carbons (Fsp3) is 0.200. The lowest BCUT2D eigenvalue weighted by atomic mass is 10.1. The van der Waals surface area contributed by atoms with Crippen LogP contribution in [0, 0.1) is 6.92 Å². The van der Waals surface area contributed by atoms with Gasteiger partial charge in [0.25, 0.3) is 5.56 Å². The topological polar surface area (TPSA) is 68.2 Å². The van der Waals surface area contributed by atoms with Crippen LogP contribution in [0.3, 0.4) is 0 Å². The maximum Gasteiger partial charge on any atom is 0.261 e. The van der Waals surface area contributed by atoms with Crippen LogP contribution in [0.4, 0.5) is 0 Å². The first-order chi connectivity index (χ1) is 9.52. The Morgan fingerprint density at radius 2 is 1.80 bits per heavy atom. The van der Waals surface area contributed by atoms with Crippen molar-refractivity contribution in [3.8, 4) is 0 Å². The van der Waals surface area contributed by atoms with Crippen LogP contribution in [0.25, 0.3) is 0 Å². The highest BCUT2D eigenvalue weighted by Crippen LogP contribution is 2.08. The first kappa shape index (κ1) is 14.4. The summed E-state index contributed by atoms with van der Waals surface area (Å²) in [7, 11) is 0. The maximum atomic E-state index is 12.3. The fourth-order valence-electron chi connectivity index (χ4n) is 1.99. The number of aromatic nitrogens is 1. The zero-order chi connectivity index (χ0) is 14.7. The number of nitrogens with two attached hydrogens (primary N) is 1. The number of hydrogen-bond donors (Lipinski definition) is 2. The van der Waals surface area contributed by atoms with Gasteiger partial charge < -0.3 is 15.4 Å². The first-order valence-electron chi connectivity index (χ1n) is 6.22. The summed E-state index contributed by atoms with van der Waals surface area (Å²) in [5, 5.41) is 9.02. The summed E-state index contributed by atoms with van der Waals surface area (Å²) in [5.41, 5.74) is 8.41. The van der Waals surface area contributed by atoms with Crippen LogP contribution in [0.5, 0.6) is 0 Å². The molecule has 104 valence electrons. The second-order valence-corrected chi connectivity index (χ2v) is 5.06. The molecule has 0 spiro atoms. The molecular formula is C15H16N2O2S. The second-order valence-electron chi connectivity index (χ2n) is 4.62. The molecule has 0 radical (unpaired) electrons. The maximum absolute atomic E-state index is 12.3. The lowest BCUT2D eigenvalue weighted by Gasteiger charge is -2.12. The number of aliphatic hydroxyl groups excluding tert-OH is 1. The highest BCUT2D eigenvalue weighted by Gasteiger charge is 2.08. The molecule has 0 fully saturated rings. The van der Waals surface area contributed by atoms with Crippen molar-refractivity contribution in [3.05, 3.63) is 69.1 Å². The normalized spacial score (nSPS) is 10.5. The van der Waals surface area contributed by atoms with Gasteiger partial charge >= 0.3 is 0 Å². The van der Waals surface area contributed by atoms with Gasteiger partial charge in [-0.3, -0.25) is 4.79 Å². The smallest absolute Gasteiger partial charge is 0.261 e. The van der Waals surface area contributed by atoms with Gasteiger partial charge in [-0.1, -0.05) is 36.5 Å². The Labute approximate surface area is 122 Å². The number of hydrogen-bond acceptors (Lipinski definition) is 3. The van der Waals surface area contributed by atoms with Crippen molar-refractivity contribution in [2.75, 3.05) is 0 Å². The summed E-state index contributed by atoms with van der Waals surface area (Å²) in [5.74, 6) is 0. The molecule has 1 heterocycles. The number of benzene rings is 1. The van der Waals surface area contributed by atoms with E-state index in [1.54, 1.807) is 10.6 Å². The van der Waals surface area contributed by atoms with E-state index in [4.69, 9.17) is 23.1 Å². The number of thiocarbonyl (C=S) groups is 1. The van der Waals surface area contributed by atoms with Gasteiger partial charge in [-0.2, -0.15) is 0 Å². The summed E-state index contributed by atoms with van der Waals surface area (Å²) in [6.07, 6.45) is 0. The minimum atomic E-state index is -0.177. The van der Waals surface area contributed by atoms with E-state index in [0.29, 0.717) is 12.1 Å². The largest absolute Gasteiger partial charge is 0.392 e. The molecule has 0 aliphatic rings. The van der Waals surface area contributed by atoms with Crippen LogP contribution in [0.1, 0.15) is 22.4 Å². The van der Waals surface area contributed by atoms with E-state index < -0.39 is 0 Å². The molecule has 0 atom stereocenters. The second kappa shape index (κ2) is 5.98. The lowest BCUT2D eigenvalue weighted by molar-refractivity contribution is 0.282. The molecule has 5 heteroatoms. The van der Waals surface area contributed by atoms with Gasteiger partial charge in [-0.05, 0) is 30.2 Å². The summed E-state index contributed by atoms with van der Waals surface area (Å²) in [6, 6.07) is 11.0. The Kier molecular flexibility index (Phi) is 4.32. The predicted octanol–water partition coefficient (Wildman–Crippen LogP) is 1.33. The van der Waals surface area contributed by atoms with Gasteiger partial charge in [-0.25, -0.2) is 0 Å². The van der Waals surface area contributed by atoms with Crippen molar-refractivity contribution in [1.29, 1.82) is 0 Å². The van der Waals surface area contributed by atoms with Crippen molar-refractivity contribution in [3.63, 3.8) is 0 Å². The van der Waals surface area contributed by atoms with Crippen LogP contribution in [-0.4, -0.2) is 14.7 Å². The van der Waals surface area contributed by atoms with Gasteiger partial charge in [0, 0.05) is 5.69 Å². The van der Waals surface area contributed by atoms with E-state index in [0.717, 1.165) is 16.8 Å². The highest BCUT2D eigenvalue weighted by atomic mass is 32.1. The molecule has 0 saturated heterocycles. The summed E-state index contributed by atoms with van der Waals surface area (Å²) in [6.45, 7) is 2.33. The average Bonchev–Trinajstić information content (AvgIpc) is 2.43. The minimum Gasteiger partial charge on any atom is -0.392 e. The molecule has 2 aromatic rings. The summed E-state index contributed by atoms with van der Waals surface area (Å²) in [4.78, 5) is 12.4. The zero-order valence-electron chi connectivity index (χ0n) is 11.2. The average molecular weight is 288 g/mol. The molecule has 0 aliphatic heterocycles. The van der Waals surface area contributed by atoms with Gasteiger partial charge in [0.1, 0.15) is 4.99 Å². The third-order valence-electron chi connectivity index (χ3n) is 3.20. The molecule has 3 N–H and O–H groups in total. The van der Waals surface area contributed by atoms with Gasteiger partial charge in [-0.15, -0.1) is 0 Å². The summed E-state index contributed by atoms with van der Waals surface area (Å²) >= 11 is 4.89. The van der Waals surface area contributed by atoms with Gasteiger partial charge in [0.15, 0.2) is 0 Å². The van der Waals surface area contributed by atoms with E-state index in [1.165, 1.54) is 0 Å². The van der Waals surface area contributed by atoms with Crippen molar-refractivity contribution < 1.29 is 5.11 Å². The van der Waals surface area contributed by atoms with E-state index in [2.05, 4.69) is 0 Å². The Morgan fingerprint density at radius 1 is 1.20 bits per heavy atom. The minimum absolute atomic E-state index is 0.0101. The Bertz CT molecular complexity index is 690. The highest BCUT2D eigenvalue weighted by molar-refractivity contribution is 7.80. The Balaban J connectivity index is 2.39. The zero-order valence-corrected chi connectivity index (χ0v) is 12.0. The predicted molar refractivity (Wildman–Crippen MR) is 82.8 cm³/mol. The number of aryl methyl sites for hydroxylation is 1. The van der Waals surface area contributed by atoms with Crippen LogP contribution in [0.2, 0.25) is 0 Å². The SMILES string of the molecule is Cc1ccc(C(N)=S)c(=O)n1Cc1ccc(CO)cc1. The number of rotatable bonds is 4. The van der Waals surface area contributed by atoms with Crippen molar-refractivity contribution >= 4 is 17.2 Å². The molecule has 0 unspecified atom stereocenters. The molecule has 0 bridgehead atoms. The number of pyridine rings is 1. The fourth-order valence-corrected chi connectivity index (χ4v) is 2.14. The molecule has 0 amide bonds. The quantitative estimate of drug-likeness (QED) is 0.833. The van der Waals surface area contributed by atoms with E-state index in [1.807, 2.05) is 37.3 Å². The summed E-state index contributed by atoms with van der Waals surface area (Å²) < 4.78 is 1.64. The van der Waals surface area contributed by atoms with Crippen LogP contribution < -0.4 is 11.3 Å². The van der Waals surface area contributed by atoms with E-state index in [-0.39, 0.29) is 17.2 Å². The Hall–Kier alpha value is -1.98. The molecule has 20 heavy (non-hydrogen) atoms. The van der Waals surface area contributed by atoms with Crippen LogP contribution in [0.15, 0.2) is 41.2 Å². The van der Waals surface area contributed by atoms with Crippen LogP contribution in [-0.2, 0) is 13.2 Å². The first-order valence-corrected chi connectivity index (χ1v) is 6.62. The molecule has 1 aromatic heterocycles. The molecular weight excluding hydrogens is 272 g/mol. The van der Waals surface area contributed by atoms with Gasteiger partial charge in [0.05, 0.1) is 18.7 Å². The molecule has 1 aromatic carbocycles. The van der Waals surface area contributed by atoms with Gasteiger partial charge in [0.2, 0.25) is 0 Å². The molecule has 2 rings (SSSR count). The van der Waals surface area contributed by atoms with Crippen molar-refractivity contribution in [2.45, 2.75) is 20.1 Å². The lowest BCUT2D eigenvalue weighted by Crippen LogP contribution is -2.30. The third-order valence-corrected chi connectivity index (χ3v) is 3.42. The third kappa shape index (κ3) is 2.95. The molecule has 4 nitrogen and oxygen atoms in total. The number of nitrogens with zero attached hydrogens (tertiary/aromatic N) is 1. The standard InChI is InChI=1S/C15H16N2O2S/c1-10-2-7-13(14(16)20)15(19)17(10)8-11-3-5-12(9-18)6-4-11/h2-7,18H,8-9H2,1H3,(H2,16,20). The monoisotopic (exact) mass is 288 g/mol.